The number of amides is 2. The van der Waals surface area contributed by atoms with E-state index in [1.807, 2.05) is 0 Å². The molecule has 0 spiro atoms. The average Bonchev–Trinajstić information content (AvgIpc) is 2.85. The average molecular weight is 369 g/mol. The quantitative estimate of drug-likeness (QED) is 0.649. The lowest BCUT2D eigenvalue weighted by atomic mass is 9.48. The molecule has 6 heteroatoms. The number of carbonyl (C=O) groups is 3. The van der Waals surface area contributed by atoms with E-state index >= 15 is 0 Å². The van der Waals surface area contributed by atoms with Crippen molar-refractivity contribution >= 4 is 17.8 Å². The second kappa shape index (κ2) is 5.64. The first-order chi connectivity index (χ1) is 12.9. The molecule has 1 aromatic rings. The van der Waals surface area contributed by atoms with Crippen LogP contribution in [0.25, 0.3) is 0 Å². The Hall–Kier alpha value is -2.21. The van der Waals surface area contributed by atoms with Crippen LogP contribution in [0.15, 0.2) is 24.3 Å². The van der Waals surface area contributed by atoms with Crippen LogP contribution in [0.1, 0.15) is 59.2 Å². The van der Waals surface area contributed by atoms with Gasteiger partial charge in [0.2, 0.25) is 0 Å². The number of hydrogen-bond donors (Lipinski definition) is 1. The second-order valence-corrected chi connectivity index (χ2v) is 8.91. The Labute approximate surface area is 157 Å². The fourth-order valence-electron chi connectivity index (χ4n) is 6.28. The van der Waals surface area contributed by atoms with Crippen molar-refractivity contribution in [1.82, 2.24) is 4.90 Å². The molecule has 4 fully saturated rings. The van der Waals surface area contributed by atoms with Crippen LogP contribution in [0.2, 0.25) is 0 Å². The molecule has 6 rings (SSSR count). The van der Waals surface area contributed by atoms with Gasteiger partial charge in [-0.1, -0.05) is 12.1 Å². The van der Waals surface area contributed by atoms with Crippen LogP contribution in [0.5, 0.6) is 0 Å². The first kappa shape index (κ1) is 16.9. The zero-order chi connectivity index (χ0) is 18.8. The highest BCUT2D eigenvalue weighted by Crippen LogP contribution is 2.61. The zero-order valence-corrected chi connectivity index (χ0v) is 15.1. The van der Waals surface area contributed by atoms with Gasteiger partial charge in [0, 0.05) is 0 Å². The fraction of sp³-hybridized carbons (Fsp3) is 0.571. The molecule has 1 aromatic carbocycles. The predicted octanol–water partition coefficient (Wildman–Crippen LogP) is 2.16. The van der Waals surface area contributed by atoms with Crippen LogP contribution in [0.3, 0.4) is 0 Å². The summed E-state index contributed by atoms with van der Waals surface area (Å²) in [4.78, 5) is 38.8. The Morgan fingerprint density at radius 3 is 2.22 bits per heavy atom. The third-order valence-electron chi connectivity index (χ3n) is 6.89. The van der Waals surface area contributed by atoms with Gasteiger partial charge in [0.15, 0.2) is 0 Å². The maximum atomic E-state index is 12.9. The summed E-state index contributed by atoms with van der Waals surface area (Å²) in [6.45, 7) is 0.0606. The van der Waals surface area contributed by atoms with Crippen LogP contribution < -0.4 is 0 Å². The van der Waals surface area contributed by atoms with Crippen LogP contribution in [0, 0.1) is 17.3 Å². The zero-order valence-electron chi connectivity index (χ0n) is 15.1. The maximum absolute atomic E-state index is 12.9. The molecule has 1 N–H and O–H groups in total. The molecular weight excluding hydrogens is 346 g/mol. The van der Waals surface area contributed by atoms with Crippen LogP contribution >= 0.6 is 0 Å². The van der Waals surface area contributed by atoms with E-state index in [2.05, 4.69) is 0 Å². The van der Waals surface area contributed by atoms with Crippen molar-refractivity contribution < 1.29 is 24.2 Å². The van der Waals surface area contributed by atoms with Gasteiger partial charge in [-0.25, -0.2) is 0 Å². The number of aliphatic hydroxyl groups is 1. The number of nitrogens with zero attached hydrogens (tertiary/aromatic N) is 1. The molecule has 2 unspecified atom stereocenters. The molecule has 27 heavy (non-hydrogen) atoms. The first-order valence-electron chi connectivity index (χ1n) is 9.74. The summed E-state index contributed by atoms with van der Waals surface area (Å²) in [7, 11) is 0. The summed E-state index contributed by atoms with van der Waals surface area (Å²) < 4.78 is 5.53. The van der Waals surface area contributed by atoms with Gasteiger partial charge in [0.1, 0.15) is 6.61 Å². The minimum atomic E-state index is -0.717. The number of fused-ring (bicyclic) bond motifs is 1. The highest BCUT2D eigenvalue weighted by molar-refractivity contribution is 6.21. The number of imide groups is 1. The van der Waals surface area contributed by atoms with Crippen molar-refractivity contribution in [2.45, 2.75) is 44.1 Å². The molecule has 6 nitrogen and oxygen atoms in total. The van der Waals surface area contributed by atoms with Gasteiger partial charge >= 0.3 is 5.97 Å². The van der Waals surface area contributed by atoms with Crippen molar-refractivity contribution in [3.8, 4) is 0 Å². The number of carbonyl (C=O) groups excluding carboxylic acids is 3. The van der Waals surface area contributed by atoms with Crippen LogP contribution in [-0.4, -0.2) is 46.5 Å². The molecular formula is C21H23NO5. The van der Waals surface area contributed by atoms with Crippen molar-refractivity contribution in [3.63, 3.8) is 0 Å². The van der Waals surface area contributed by atoms with Crippen LogP contribution in [0.4, 0.5) is 0 Å². The molecule has 4 aliphatic carbocycles. The largest absolute Gasteiger partial charge is 0.463 e. The highest BCUT2D eigenvalue weighted by Gasteiger charge is 2.60. The van der Waals surface area contributed by atoms with Gasteiger partial charge in [-0.05, 0) is 62.5 Å². The highest BCUT2D eigenvalue weighted by atomic mass is 16.5. The van der Waals surface area contributed by atoms with E-state index in [-0.39, 0.29) is 30.9 Å². The summed E-state index contributed by atoms with van der Waals surface area (Å²) in [6, 6.07) is 6.73. The Bertz CT molecular complexity index is 798. The van der Waals surface area contributed by atoms with Crippen molar-refractivity contribution in [3.05, 3.63) is 35.4 Å². The lowest BCUT2D eigenvalue weighted by Crippen LogP contribution is -2.58. The van der Waals surface area contributed by atoms with Gasteiger partial charge in [0.25, 0.3) is 11.8 Å². The molecule has 4 bridgehead atoms. The first-order valence-corrected chi connectivity index (χ1v) is 9.74. The van der Waals surface area contributed by atoms with Crippen molar-refractivity contribution in [1.29, 1.82) is 0 Å². The smallest absolute Gasteiger partial charge is 0.312 e. The molecule has 2 amide bonds. The van der Waals surface area contributed by atoms with E-state index in [1.54, 1.807) is 24.3 Å². The Kier molecular flexibility index (Phi) is 3.54. The van der Waals surface area contributed by atoms with E-state index in [0.29, 0.717) is 29.4 Å². The van der Waals surface area contributed by atoms with Crippen molar-refractivity contribution in [2.24, 2.45) is 17.3 Å². The minimum absolute atomic E-state index is 0.000185. The molecule has 1 aliphatic heterocycles. The third kappa shape index (κ3) is 2.53. The lowest BCUT2D eigenvalue weighted by molar-refractivity contribution is -0.196. The monoisotopic (exact) mass is 369 g/mol. The maximum Gasteiger partial charge on any atom is 0.312 e. The third-order valence-corrected chi connectivity index (χ3v) is 6.89. The fourth-order valence-corrected chi connectivity index (χ4v) is 6.28. The summed E-state index contributed by atoms with van der Waals surface area (Å²) in [5.74, 6) is -0.141. The number of rotatable bonds is 4. The number of hydrogen-bond acceptors (Lipinski definition) is 5. The minimum Gasteiger partial charge on any atom is -0.463 e. The molecule has 0 radical (unpaired) electrons. The molecule has 0 saturated heterocycles. The Morgan fingerprint density at radius 2 is 1.67 bits per heavy atom. The van der Waals surface area contributed by atoms with Gasteiger partial charge in [-0.2, -0.15) is 0 Å². The molecule has 142 valence electrons. The van der Waals surface area contributed by atoms with E-state index in [4.69, 9.17) is 4.74 Å². The van der Waals surface area contributed by atoms with E-state index < -0.39 is 11.0 Å². The normalized spacial score (nSPS) is 36.3. The van der Waals surface area contributed by atoms with Gasteiger partial charge in [-0.3, -0.25) is 19.3 Å². The summed E-state index contributed by atoms with van der Waals surface area (Å²) >= 11 is 0. The van der Waals surface area contributed by atoms with E-state index in [1.165, 1.54) is 0 Å². The molecule has 0 aromatic heterocycles. The number of benzene rings is 1. The molecule has 2 atom stereocenters. The van der Waals surface area contributed by atoms with E-state index in [9.17, 15) is 19.5 Å². The summed E-state index contributed by atoms with van der Waals surface area (Å²) in [6.07, 6.45) is 4.77. The van der Waals surface area contributed by atoms with Gasteiger partial charge in [0.05, 0.1) is 28.7 Å². The SMILES string of the molecule is O=C1c2ccccc2C(=O)N1CCOC(=O)C12CC3CC(CC(O)(C3)C1)C2. The van der Waals surface area contributed by atoms with Gasteiger partial charge in [-0.15, -0.1) is 0 Å². The lowest BCUT2D eigenvalue weighted by Gasteiger charge is -2.58. The molecule has 1 heterocycles. The number of esters is 1. The standard InChI is InChI=1S/C21H23NO5/c23-17-15-3-1-2-4-16(15)18(24)22(17)5-6-27-19(25)20-8-13-7-14(9-20)11-21(26,10-13)12-20/h1-4,13-14,26H,5-12H2. The Morgan fingerprint density at radius 1 is 1.07 bits per heavy atom. The van der Waals surface area contributed by atoms with E-state index in [0.717, 1.165) is 37.0 Å². The Balaban J connectivity index is 1.24. The van der Waals surface area contributed by atoms with Crippen molar-refractivity contribution in [2.75, 3.05) is 13.2 Å². The summed E-state index contributed by atoms with van der Waals surface area (Å²) in [5.41, 5.74) is -0.499. The van der Waals surface area contributed by atoms with Gasteiger partial charge < -0.3 is 9.84 Å². The van der Waals surface area contributed by atoms with Crippen LogP contribution in [-0.2, 0) is 9.53 Å². The number of ether oxygens (including phenoxy) is 1. The molecule has 5 aliphatic rings. The molecule has 4 saturated carbocycles. The predicted molar refractivity (Wildman–Crippen MR) is 94.8 cm³/mol. The summed E-state index contributed by atoms with van der Waals surface area (Å²) in [5, 5.41) is 10.8. The second-order valence-electron chi connectivity index (χ2n) is 8.91. The topological polar surface area (TPSA) is 83.9 Å².